The molecule has 0 aromatic carbocycles. The summed E-state index contributed by atoms with van der Waals surface area (Å²) in [5.41, 5.74) is 1.51. The lowest BCUT2D eigenvalue weighted by Crippen LogP contribution is -2.58. The van der Waals surface area contributed by atoms with Gasteiger partial charge in [-0.1, -0.05) is 41.5 Å². The standard InChI is InChI=1S/C28H49N5O/c1-9-24-18-32(8)19-25(10-2)33(24)27-29-14-23(15-30-27)17-31(7)16-22-12-28(6,13-22)11-21(5)26(34)20(3)4/h14-15,20-22,24-25H,9-13,16-19H2,1-8H3/t21-,22-,24?,25?,28+/m0/s1. The molecule has 0 N–H and O–H groups in total. The molecule has 0 radical (unpaired) electrons. The zero-order valence-corrected chi connectivity index (χ0v) is 23.0. The summed E-state index contributed by atoms with van der Waals surface area (Å²) in [7, 11) is 4.42. The Morgan fingerprint density at radius 3 is 2.18 bits per heavy atom. The van der Waals surface area contributed by atoms with Crippen molar-refractivity contribution in [1.82, 2.24) is 19.8 Å². The van der Waals surface area contributed by atoms with Crippen molar-refractivity contribution >= 4 is 11.7 Å². The van der Waals surface area contributed by atoms with Gasteiger partial charge in [-0.05, 0) is 57.5 Å². The molecule has 1 saturated carbocycles. The maximum atomic E-state index is 12.3. The van der Waals surface area contributed by atoms with E-state index in [-0.39, 0.29) is 11.8 Å². The van der Waals surface area contributed by atoms with E-state index in [4.69, 9.17) is 9.97 Å². The first kappa shape index (κ1) is 27.1. The molecule has 0 spiro atoms. The third kappa shape index (κ3) is 6.57. The number of hydrogen-bond acceptors (Lipinski definition) is 6. The average Bonchev–Trinajstić information content (AvgIpc) is 2.77. The molecule has 2 aliphatic rings. The van der Waals surface area contributed by atoms with E-state index in [9.17, 15) is 4.79 Å². The van der Waals surface area contributed by atoms with Crippen molar-refractivity contribution in [2.45, 2.75) is 92.3 Å². The highest BCUT2D eigenvalue weighted by atomic mass is 16.1. The van der Waals surface area contributed by atoms with Crippen LogP contribution >= 0.6 is 0 Å². The smallest absolute Gasteiger partial charge is 0.225 e. The number of nitrogens with zero attached hydrogens (tertiary/aromatic N) is 5. The molecule has 1 aliphatic carbocycles. The second kappa shape index (κ2) is 11.5. The largest absolute Gasteiger partial charge is 0.332 e. The zero-order valence-electron chi connectivity index (χ0n) is 23.0. The van der Waals surface area contributed by atoms with E-state index in [0.29, 0.717) is 23.3 Å². The minimum Gasteiger partial charge on any atom is -0.332 e. The Balaban J connectivity index is 1.50. The van der Waals surface area contributed by atoms with Crippen LogP contribution in [-0.4, -0.2) is 71.4 Å². The number of rotatable bonds is 11. The van der Waals surface area contributed by atoms with Crippen LogP contribution in [0.15, 0.2) is 12.4 Å². The molecule has 0 amide bonds. The van der Waals surface area contributed by atoms with Crippen molar-refractivity contribution in [3.05, 3.63) is 18.0 Å². The summed E-state index contributed by atoms with van der Waals surface area (Å²) in [5, 5.41) is 0. The number of aromatic nitrogens is 2. The highest BCUT2D eigenvalue weighted by molar-refractivity contribution is 5.82. The summed E-state index contributed by atoms with van der Waals surface area (Å²) in [4.78, 5) is 29.3. The Labute approximate surface area is 208 Å². The van der Waals surface area contributed by atoms with E-state index in [1.165, 1.54) is 18.4 Å². The van der Waals surface area contributed by atoms with Crippen LogP contribution in [0.4, 0.5) is 5.95 Å². The van der Waals surface area contributed by atoms with Gasteiger partial charge in [-0.3, -0.25) is 4.79 Å². The maximum absolute atomic E-state index is 12.3. The Morgan fingerprint density at radius 1 is 1.12 bits per heavy atom. The van der Waals surface area contributed by atoms with Crippen LogP contribution in [-0.2, 0) is 11.3 Å². The fraction of sp³-hybridized carbons (Fsp3) is 0.821. The lowest BCUT2D eigenvalue weighted by molar-refractivity contribution is -0.127. The molecule has 0 bridgehead atoms. The molecule has 1 aromatic rings. The summed E-state index contributed by atoms with van der Waals surface area (Å²) < 4.78 is 0. The first-order valence-electron chi connectivity index (χ1n) is 13.5. The Bertz CT molecular complexity index is 774. The van der Waals surface area contributed by atoms with E-state index < -0.39 is 0 Å². The minimum absolute atomic E-state index is 0.145. The summed E-state index contributed by atoms with van der Waals surface area (Å²) >= 11 is 0. The van der Waals surface area contributed by atoms with Crippen LogP contribution in [0.5, 0.6) is 0 Å². The van der Waals surface area contributed by atoms with Gasteiger partial charge in [-0.2, -0.15) is 0 Å². The Kier molecular flexibility index (Phi) is 9.13. The van der Waals surface area contributed by atoms with Crippen molar-refractivity contribution in [2.75, 3.05) is 38.6 Å². The number of ketones is 1. The van der Waals surface area contributed by atoms with Gasteiger partial charge in [0.15, 0.2) is 0 Å². The van der Waals surface area contributed by atoms with Gasteiger partial charge in [0.05, 0.1) is 0 Å². The molecule has 2 fully saturated rings. The third-order valence-electron chi connectivity index (χ3n) is 8.14. The van der Waals surface area contributed by atoms with Crippen LogP contribution in [0, 0.1) is 23.2 Å². The lowest BCUT2D eigenvalue weighted by Gasteiger charge is -2.48. The number of piperazine rings is 1. The molecular weight excluding hydrogens is 422 g/mol. The van der Waals surface area contributed by atoms with Gasteiger partial charge < -0.3 is 14.7 Å². The van der Waals surface area contributed by atoms with Crippen molar-refractivity contribution in [2.24, 2.45) is 23.2 Å². The van der Waals surface area contributed by atoms with Gasteiger partial charge in [0.1, 0.15) is 5.78 Å². The summed E-state index contributed by atoms with van der Waals surface area (Å²) in [6.07, 6.45) is 9.76. The van der Waals surface area contributed by atoms with Crippen LogP contribution in [0.25, 0.3) is 0 Å². The predicted octanol–water partition coefficient (Wildman–Crippen LogP) is 4.89. The number of carbonyl (C=O) groups excluding carboxylic acids is 1. The first-order chi connectivity index (χ1) is 16.0. The van der Waals surface area contributed by atoms with E-state index >= 15 is 0 Å². The van der Waals surface area contributed by atoms with Gasteiger partial charge >= 0.3 is 0 Å². The monoisotopic (exact) mass is 471 g/mol. The van der Waals surface area contributed by atoms with Crippen molar-refractivity contribution in [3.8, 4) is 0 Å². The van der Waals surface area contributed by atoms with E-state index in [1.54, 1.807) is 0 Å². The van der Waals surface area contributed by atoms with Gasteiger partial charge in [-0.25, -0.2) is 9.97 Å². The number of anilines is 1. The average molecular weight is 472 g/mol. The topological polar surface area (TPSA) is 52.6 Å². The maximum Gasteiger partial charge on any atom is 0.225 e. The number of hydrogen-bond donors (Lipinski definition) is 0. The van der Waals surface area contributed by atoms with Gasteiger partial charge in [0, 0.05) is 68.1 Å². The van der Waals surface area contributed by atoms with Crippen LogP contribution in [0.3, 0.4) is 0 Å². The molecule has 3 atom stereocenters. The molecule has 6 heteroatoms. The van der Waals surface area contributed by atoms with Crippen molar-refractivity contribution < 1.29 is 4.79 Å². The summed E-state index contributed by atoms with van der Waals surface area (Å²) in [5.74, 6) is 2.35. The lowest BCUT2D eigenvalue weighted by atomic mass is 9.59. The molecule has 1 saturated heterocycles. The minimum atomic E-state index is 0.145. The van der Waals surface area contributed by atoms with E-state index in [0.717, 1.165) is 57.3 Å². The fourth-order valence-electron chi connectivity index (χ4n) is 6.66. The zero-order chi connectivity index (χ0) is 25.0. The molecule has 2 heterocycles. The van der Waals surface area contributed by atoms with Crippen molar-refractivity contribution in [3.63, 3.8) is 0 Å². The predicted molar refractivity (Wildman–Crippen MR) is 141 cm³/mol. The molecule has 6 nitrogen and oxygen atoms in total. The summed E-state index contributed by atoms with van der Waals surface area (Å²) in [6, 6.07) is 0.951. The Morgan fingerprint density at radius 2 is 1.68 bits per heavy atom. The van der Waals surface area contributed by atoms with Gasteiger partial charge in [-0.15, -0.1) is 0 Å². The highest BCUT2D eigenvalue weighted by Crippen LogP contribution is 2.50. The van der Waals surface area contributed by atoms with Crippen LogP contribution in [0.1, 0.15) is 79.2 Å². The number of carbonyl (C=O) groups is 1. The number of likely N-dealkylation sites (N-methyl/N-ethyl adjacent to an activating group) is 1. The number of Topliss-reactive ketones (excluding diaryl/α,β-unsaturated/α-hetero) is 1. The molecule has 1 aromatic heterocycles. The second-order valence-electron chi connectivity index (χ2n) is 12.1. The van der Waals surface area contributed by atoms with Crippen LogP contribution in [0.2, 0.25) is 0 Å². The molecule has 3 rings (SSSR count). The quantitative estimate of drug-likeness (QED) is 0.458. The highest BCUT2D eigenvalue weighted by Gasteiger charge is 2.42. The molecule has 2 unspecified atom stereocenters. The van der Waals surface area contributed by atoms with E-state index in [2.05, 4.69) is 56.5 Å². The summed E-state index contributed by atoms with van der Waals surface area (Å²) in [6.45, 7) is 17.2. The Hall–Kier alpha value is -1.53. The normalized spacial score (nSPS) is 28.9. The molecule has 192 valence electrons. The first-order valence-corrected chi connectivity index (χ1v) is 13.5. The third-order valence-corrected chi connectivity index (χ3v) is 8.14. The molecular formula is C28H49N5O. The van der Waals surface area contributed by atoms with Gasteiger partial charge in [0.25, 0.3) is 0 Å². The SMILES string of the molecule is CCC1CN(C)CC(CC)N1c1ncc(CN(C)C[C@H]2C[C@@](C)(C[C@H](C)C(=O)C(C)C)C2)cn1. The van der Waals surface area contributed by atoms with Crippen LogP contribution < -0.4 is 4.90 Å². The van der Waals surface area contributed by atoms with Gasteiger partial charge in [0.2, 0.25) is 5.95 Å². The van der Waals surface area contributed by atoms with E-state index in [1.807, 2.05) is 26.2 Å². The fourth-order valence-corrected chi connectivity index (χ4v) is 6.66. The molecule has 1 aliphatic heterocycles. The second-order valence-corrected chi connectivity index (χ2v) is 12.1. The molecule has 34 heavy (non-hydrogen) atoms. The van der Waals surface area contributed by atoms with Crippen molar-refractivity contribution in [1.29, 1.82) is 0 Å².